The van der Waals surface area contributed by atoms with Gasteiger partial charge in [-0.25, -0.2) is 0 Å². The average molecular weight is 175 g/mol. The third kappa shape index (κ3) is 3.07. The van der Waals surface area contributed by atoms with Gasteiger partial charge in [-0.2, -0.15) is 0 Å². The van der Waals surface area contributed by atoms with Gasteiger partial charge in [-0.15, -0.1) is 0 Å². The summed E-state index contributed by atoms with van der Waals surface area (Å²) in [6, 6.07) is 0. The molecule has 0 amide bonds. The van der Waals surface area contributed by atoms with Gasteiger partial charge in [-0.1, -0.05) is 0 Å². The van der Waals surface area contributed by atoms with E-state index in [4.69, 9.17) is 5.11 Å². The van der Waals surface area contributed by atoms with E-state index in [-0.39, 0.29) is 13.3 Å². The number of hydrogen-bond donors (Lipinski definition) is 1. The quantitative estimate of drug-likeness (QED) is 0.690. The lowest BCUT2D eigenvalue weighted by atomic mass is 9.98. The largest absolute Gasteiger partial charge is 0.396 e. The Bertz CT molecular complexity index is 113. The molecule has 0 radical (unpaired) electrons. The summed E-state index contributed by atoms with van der Waals surface area (Å²) >= 11 is 0. The predicted octanol–water partition coefficient (Wildman–Crippen LogP) is 1.05. The van der Waals surface area contributed by atoms with Gasteiger partial charge in [0.15, 0.2) is 0 Å². The minimum Gasteiger partial charge on any atom is -0.396 e. The molecule has 0 saturated carbocycles. The summed E-state index contributed by atoms with van der Waals surface area (Å²) in [4.78, 5) is 2.31. The Morgan fingerprint density at radius 2 is 2.00 bits per heavy atom. The monoisotopic (exact) mass is 175 g/mol. The third-order valence-electron chi connectivity index (χ3n) is 2.56. The van der Waals surface area contributed by atoms with Crippen LogP contribution >= 0.6 is 0 Å². The van der Waals surface area contributed by atoms with Gasteiger partial charge < -0.3 is 10.0 Å². The normalized spacial score (nSPS) is 21.5. The van der Waals surface area contributed by atoms with Crippen molar-refractivity contribution in [3.63, 3.8) is 0 Å². The van der Waals surface area contributed by atoms with Crippen LogP contribution in [0.4, 0.5) is 4.39 Å². The molecule has 0 bridgehead atoms. The number of nitrogens with zero attached hydrogens (tertiary/aromatic N) is 1. The minimum atomic E-state index is -0.159. The second-order valence-electron chi connectivity index (χ2n) is 3.52. The Hall–Kier alpha value is -0.150. The first-order valence-electron chi connectivity index (χ1n) is 4.76. The molecule has 72 valence electrons. The molecular weight excluding hydrogens is 157 g/mol. The van der Waals surface area contributed by atoms with Crippen LogP contribution < -0.4 is 0 Å². The van der Waals surface area contributed by atoms with E-state index in [1.165, 1.54) is 0 Å². The van der Waals surface area contributed by atoms with Crippen molar-refractivity contribution < 1.29 is 9.50 Å². The first-order valence-corrected chi connectivity index (χ1v) is 4.76. The number of aliphatic hydroxyl groups excluding tert-OH is 1. The molecule has 0 spiro atoms. The van der Waals surface area contributed by atoms with Crippen molar-refractivity contribution in [2.24, 2.45) is 5.92 Å². The molecule has 0 aliphatic carbocycles. The van der Waals surface area contributed by atoms with Crippen LogP contribution in [0.2, 0.25) is 0 Å². The van der Waals surface area contributed by atoms with Crippen molar-refractivity contribution in [1.82, 2.24) is 4.90 Å². The van der Waals surface area contributed by atoms with Gasteiger partial charge in [0.2, 0.25) is 0 Å². The molecule has 0 aromatic rings. The highest BCUT2D eigenvalue weighted by molar-refractivity contribution is 4.71. The Morgan fingerprint density at radius 3 is 2.50 bits per heavy atom. The second kappa shape index (κ2) is 5.49. The lowest BCUT2D eigenvalue weighted by Crippen LogP contribution is -2.35. The Balaban J connectivity index is 2.09. The maximum atomic E-state index is 12.2. The van der Waals surface area contributed by atoms with Gasteiger partial charge in [0.1, 0.15) is 0 Å². The van der Waals surface area contributed by atoms with Gasteiger partial charge in [0.25, 0.3) is 0 Å². The average Bonchev–Trinajstić information content (AvgIpc) is 2.15. The highest BCUT2D eigenvalue weighted by Gasteiger charge is 2.17. The molecule has 1 rings (SSSR count). The smallest absolute Gasteiger partial charge is 0.0923 e. The van der Waals surface area contributed by atoms with Crippen LogP contribution in [0.1, 0.15) is 19.3 Å². The second-order valence-corrected chi connectivity index (χ2v) is 3.52. The third-order valence-corrected chi connectivity index (χ3v) is 2.56. The van der Waals surface area contributed by atoms with E-state index < -0.39 is 0 Å². The Morgan fingerprint density at radius 1 is 1.33 bits per heavy atom. The van der Waals surface area contributed by atoms with Gasteiger partial charge in [-0.05, 0) is 38.3 Å². The molecule has 12 heavy (non-hydrogen) atoms. The van der Waals surface area contributed by atoms with E-state index in [1.807, 2.05) is 0 Å². The molecule has 3 heteroatoms. The predicted molar refractivity (Wildman–Crippen MR) is 46.8 cm³/mol. The fourth-order valence-corrected chi connectivity index (χ4v) is 1.66. The Kier molecular flexibility index (Phi) is 4.54. The lowest BCUT2D eigenvalue weighted by Gasteiger charge is -2.30. The summed E-state index contributed by atoms with van der Waals surface area (Å²) in [5.74, 6) is 0.301. The highest BCUT2D eigenvalue weighted by atomic mass is 19.1. The Labute approximate surface area is 73.4 Å². The fourth-order valence-electron chi connectivity index (χ4n) is 1.66. The van der Waals surface area contributed by atoms with Crippen molar-refractivity contribution in [1.29, 1.82) is 0 Å². The molecule has 1 N–H and O–H groups in total. The summed E-state index contributed by atoms with van der Waals surface area (Å²) in [7, 11) is 0. The van der Waals surface area contributed by atoms with Crippen LogP contribution in [0.25, 0.3) is 0 Å². The fraction of sp³-hybridized carbons (Fsp3) is 1.00. The number of halogens is 1. The van der Waals surface area contributed by atoms with Gasteiger partial charge in [0.05, 0.1) is 6.67 Å². The van der Waals surface area contributed by atoms with Crippen LogP contribution in [0.5, 0.6) is 0 Å². The molecule has 1 aliphatic heterocycles. The molecule has 1 heterocycles. The maximum absolute atomic E-state index is 12.2. The standard InChI is InChI=1S/C9H18FNO/c10-8-9-2-5-11(6-3-9)4-1-7-12/h9,12H,1-8H2. The molecule has 1 saturated heterocycles. The molecule has 0 unspecified atom stereocenters. The van der Waals surface area contributed by atoms with Gasteiger partial charge in [-0.3, -0.25) is 4.39 Å². The molecule has 0 atom stereocenters. The van der Waals surface area contributed by atoms with Crippen molar-refractivity contribution in [2.75, 3.05) is 32.9 Å². The van der Waals surface area contributed by atoms with Crippen LogP contribution in [-0.4, -0.2) is 42.9 Å². The molecular formula is C9H18FNO. The summed E-state index contributed by atoms with van der Waals surface area (Å²) < 4.78 is 12.2. The number of likely N-dealkylation sites (tertiary alicyclic amines) is 1. The zero-order chi connectivity index (χ0) is 8.81. The molecule has 0 aromatic heterocycles. The number of aliphatic hydroxyl groups is 1. The summed E-state index contributed by atoms with van der Waals surface area (Å²) in [5, 5.41) is 8.61. The van der Waals surface area contributed by atoms with E-state index in [1.54, 1.807) is 0 Å². The van der Waals surface area contributed by atoms with Gasteiger partial charge in [0, 0.05) is 13.2 Å². The van der Waals surface area contributed by atoms with E-state index in [0.29, 0.717) is 5.92 Å². The molecule has 0 aromatic carbocycles. The van der Waals surface area contributed by atoms with Crippen LogP contribution in [0.15, 0.2) is 0 Å². The van der Waals surface area contributed by atoms with Crippen molar-refractivity contribution in [3.8, 4) is 0 Å². The van der Waals surface area contributed by atoms with E-state index in [0.717, 1.165) is 38.9 Å². The summed E-state index contributed by atoms with van der Waals surface area (Å²) in [6.45, 7) is 3.09. The van der Waals surface area contributed by atoms with Crippen molar-refractivity contribution in [2.45, 2.75) is 19.3 Å². The maximum Gasteiger partial charge on any atom is 0.0923 e. The molecule has 2 nitrogen and oxygen atoms in total. The molecule has 1 fully saturated rings. The number of alkyl halides is 1. The summed E-state index contributed by atoms with van der Waals surface area (Å²) in [6.07, 6.45) is 2.82. The first-order chi connectivity index (χ1) is 5.86. The zero-order valence-corrected chi connectivity index (χ0v) is 7.51. The van der Waals surface area contributed by atoms with Crippen LogP contribution in [0, 0.1) is 5.92 Å². The van der Waals surface area contributed by atoms with Crippen molar-refractivity contribution in [3.05, 3.63) is 0 Å². The minimum absolute atomic E-state index is 0.159. The van der Waals surface area contributed by atoms with Crippen LogP contribution in [-0.2, 0) is 0 Å². The number of piperidine rings is 1. The topological polar surface area (TPSA) is 23.5 Å². The number of hydrogen-bond acceptors (Lipinski definition) is 2. The van der Waals surface area contributed by atoms with E-state index >= 15 is 0 Å². The summed E-state index contributed by atoms with van der Waals surface area (Å²) in [5.41, 5.74) is 0. The first kappa shape index (κ1) is 9.93. The van der Waals surface area contributed by atoms with E-state index in [9.17, 15) is 4.39 Å². The lowest BCUT2D eigenvalue weighted by molar-refractivity contribution is 0.153. The SMILES string of the molecule is OCCCN1CCC(CF)CC1. The number of rotatable bonds is 4. The highest BCUT2D eigenvalue weighted by Crippen LogP contribution is 2.17. The van der Waals surface area contributed by atoms with E-state index in [2.05, 4.69) is 4.90 Å². The van der Waals surface area contributed by atoms with Crippen molar-refractivity contribution >= 4 is 0 Å². The zero-order valence-electron chi connectivity index (χ0n) is 7.51. The van der Waals surface area contributed by atoms with Gasteiger partial charge >= 0.3 is 0 Å². The van der Waals surface area contributed by atoms with Crippen LogP contribution in [0.3, 0.4) is 0 Å². The molecule has 1 aliphatic rings.